The topological polar surface area (TPSA) is 137 Å². The molecule has 0 amide bonds. The highest BCUT2D eigenvalue weighted by molar-refractivity contribution is 5.84. The summed E-state index contributed by atoms with van der Waals surface area (Å²) in [7, 11) is 0. The maximum atomic E-state index is 11.3. The number of hydrogen-bond donors (Lipinski definition) is 1. The first kappa shape index (κ1) is 21.2. The number of rotatable bonds is 6. The second-order valence-corrected chi connectivity index (χ2v) is 7.51. The molecule has 174 valence electrons. The van der Waals surface area contributed by atoms with E-state index in [1.165, 1.54) is 12.3 Å². The summed E-state index contributed by atoms with van der Waals surface area (Å²) in [6, 6.07) is 4.85. The third-order valence-corrected chi connectivity index (χ3v) is 5.39. The van der Waals surface area contributed by atoms with Crippen LogP contribution in [0.25, 0.3) is 0 Å². The van der Waals surface area contributed by atoms with E-state index in [-0.39, 0.29) is 18.2 Å². The fraction of sp³-hybridized carbons (Fsp3) is 0.450. The number of nitrogens with one attached hydrogen (secondary N) is 1. The number of hydrogen-bond acceptors (Lipinski definition) is 12. The summed E-state index contributed by atoms with van der Waals surface area (Å²) < 4.78 is 21.4. The van der Waals surface area contributed by atoms with Crippen LogP contribution in [0.5, 0.6) is 11.5 Å². The van der Waals surface area contributed by atoms with E-state index < -0.39 is 4.92 Å². The fourth-order valence-corrected chi connectivity index (χ4v) is 3.73. The first-order chi connectivity index (χ1) is 16.2. The summed E-state index contributed by atoms with van der Waals surface area (Å²) in [6.45, 7) is 5.36. The van der Waals surface area contributed by atoms with Gasteiger partial charge in [-0.25, -0.2) is 0 Å². The van der Waals surface area contributed by atoms with Crippen molar-refractivity contribution in [2.24, 2.45) is 5.10 Å². The summed E-state index contributed by atoms with van der Waals surface area (Å²) in [6.07, 6.45) is 1.47. The molecule has 1 aromatic heterocycles. The lowest BCUT2D eigenvalue weighted by Gasteiger charge is -2.31. The lowest BCUT2D eigenvalue weighted by molar-refractivity contribution is -0.385. The van der Waals surface area contributed by atoms with Gasteiger partial charge in [0.05, 0.1) is 37.6 Å². The van der Waals surface area contributed by atoms with E-state index in [4.69, 9.17) is 23.9 Å². The van der Waals surface area contributed by atoms with Crippen molar-refractivity contribution < 1.29 is 23.9 Å². The maximum absolute atomic E-state index is 11.3. The zero-order valence-corrected chi connectivity index (χ0v) is 17.8. The third kappa shape index (κ3) is 4.73. The zero-order chi connectivity index (χ0) is 22.6. The molecule has 3 aliphatic heterocycles. The van der Waals surface area contributed by atoms with E-state index in [0.717, 1.165) is 18.9 Å². The SMILES string of the molecule is O=[N+]([O-])c1cc(/C=N/Nc2cc(N3CCOCC3)nc(N3CCOCC3)n2)cc2c1OCO2. The number of morpholine rings is 2. The Bertz CT molecular complexity index is 1020. The van der Waals surface area contributed by atoms with Gasteiger partial charge in [0.1, 0.15) is 5.82 Å². The van der Waals surface area contributed by atoms with Crippen molar-refractivity contribution in [1.29, 1.82) is 0 Å². The standard InChI is InChI=1S/C20H23N7O6/c28-27(29)15-9-14(10-16-19(15)33-13-32-16)12-21-24-17-11-18(25-1-5-30-6-2-25)23-20(22-17)26-3-7-31-8-4-26/h9-12H,1-8,13H2,(H,22,23,24)/b21-12+. The Kier molecular flexibility index (Phi) is 6.04. The summed E-state index contributed by atoms with van der Waals surface area (Å²) in [5.74, 6) is 2.34. The summed E-state index contributed by atoms with van der Waals surface area (Å²) in [4.78, 5) is 24.4. The Morgan fingerprint density at radius 1 is 1.00 bits per heavy atom. The molecule has 33 heavy (non-hydrogen) atoms. The number of ether oxygens (including phenoxy) is 4. The van der Waals surface area contributed by atoms with Gasteiger partial charge in [-0.1, -0.05) is 0 Å². The van der Waals surface area contributed by atoms with E-state index in [9.17, 15) is 10.1 Å². The molecule has 4 heterocycles. The highest BCUT2D eigenvalue weighted by Gasteiger charge is 2.26. The molecule has 5 rings (SSSR count). The van der Waals surface area contributed by atoms with Crippen LogP contribution in [0, 0.1) is 10.1 Å². The molecule has 0 radical (unpaired) electrons. The number of nitro groups is 1. The molecule has 2 aromatic rings. The minimum Gasteiger partial charge on any atom is -0.453 e. The van der Waals surface area contributed by atoms with Crippen molar-refractivity contribution in [1.82, 2.24) is 9.97 Å². The first-order valence-corrected chi connectivity index (χ1v) is 10.6. The van der Waals surface area contributed by atoms with Gasteiger partial charge >= 0.3 is 5.69 Å². The molecular weight excluding hydrogens is 434 g/mol. The van der Waals surface area contributed by atoms with Gasteiger partial charge in [-0.15, -0.1) is 0 Å². The number of hydrazone groups is 1. The molecule has 2 saturated heterocycles. The lowest BCUT2D eigenvalue weighted by atomic mass is 10.2. The van der Waals surface area contributed by atoms with Gasteiger partial charge in [0.2, 0.25) is 18.5 Å². The molecule has 0 aliphatic carbocycles. The third-order valence-electron chi connectivity index (χ3n) is 5.39. The van der Waals surface area contributed by atoms with Crippen molar-refractivity contribution in [2.75, 3.05) is 74.6 Å². The van der Waals surface area contributed by atoms with Crippen LogP contribution < -0.4 is 24.7 Å². The molecule has 0 unspecified atom stereocenters. The second kappa shape index (κ2) is 9.42. The molecular formula is C20H23N7O6. The first-order valence-electron chi connectivity index (χ1n) is 10.6. The highest BCUT2D eigenvalue weighted by Crippen LogP contribution is 2.41. The van der Waals surface area contributed by atoms with Crippen molar-refractivity contribution in [3.63, 3.8) is 0 Å². The Labute approximate surface area is 189 Å². The van der Waals surface area contributed by atoms with Crippen molar-refractivity contribution >= 4 is 29.5 Å². The summed E-state index contributed by atoms with van der Waals surface area (Å²) in [5, 5.41) is 15.6. The van der Waals surface area contributed by atoms with Crippen molar-refractivity contribution in [3.05, 3.63) is 33.9 Å². The molecule has 13 nitrogen and oxygen atoms in total. The Morgan fingerprint density at radius 2 is 1.73 bits per heavy atom. The molecule has 3 aliphatic rings. The van der Waals surface area contributed by atoms with E-state index >= 15 is 0 Å². The monoisotopic (exact) mass is 457 g/mol. The van der Waals surface area contributed by atoms with Crippen LogP contribution in [0.3, 0.4) is 0 Å². The van der Waals surface area contributed by atoms with Gasteiger partial charge in [0, 0.05) is 43.9 Å². The van der Waals surface area contributed by atoms with Crippen LogP contribution in [0.2, 0.25) is 0 Å². The van der Waals surface area contributed by atoms with Crippen LogP contribution in [0.15, 0.2) is 23.3 Å². The van der Waals surface area contributed by atoms with Gasteiger partial charge in [0.25, 0.3) is 0 Å². The minimum absolute atomic E-state index is 0.0510. The average Bonchev–Trinajstić information content (AvgIpc) is 3.33. The van der Waals surface area contributed by atoms with Gasteiger partial charge in [-0.05, 0) is 6.07 Å². The van der Waals surface area contributed by atoms with Crippen molar-refractivity contribution in [3.8, 4) is 11.5 Å². The fourth-order valence-electron chi connectivity index (χ4n) is 3.73. The van der Waals surface area contributed by atoms with Crippen LogP contribution in [0.1, 0.15) is 5.56 Å². The van der Waals surface area contributed by atoms with Crippen LogP contribution >= 0.6 is 0 Å². The molecule has 1 aromatic carbocycles. The van der Waals surface area contributed by atoms with Crippen LogP contribution in [-0.2, 0) is 9.47 Å². The molecule has 0 spiro atoms. The van der Waals surface area contributed by atoms with Gasteiger partial charge in [-0.3, -0.25) is 15.5 Å². The molecule has 0 atom stereocenters. The predicted molar refractivity (Wildman–Crippen MR) is 119 cm³/mol. The zero-order valence-electron chi connectivity index (χ0n) is 17.8. The normalized spacial score (nSPS) is 18.1. The minimum atomic E-state index is -0.508. The number of benzene rings is 1. The van der Waals surface area contributed by atoms with E-state index in [0.29, 0.717) is 62.6 Å². The number of nitrogens with zero attached hydrogens (tertiary/aromatic N) is 6. The van der Waals surface area contributed by atoms with Gasteiger partial charge in [-0.2, -0.15) is 15.1 Å². The molecule has 0 bridgehead atoms. The molecule has 13 heteroatoms. The van der Waals surface area contributed by atoms with Crippen LogP contribution in [-0.4, -0.2) is 80.5 Å². The Balaban J connectivity index is 1.38. The smallest absolute Gasteiger partial charge is 0.315 e. The van der Waals surface area contributed by atoms with E-state index in [1.54, 1.807) is 6.07 Å². The largest absolute Gasteiger partial charge is 0.453 e. The van der Waals surface area contributed by atoms with Crippen molar-refractivity contribution in [2.45, 2.75) is 0 Å². The average molecular weight is 457 g/mol. The highest BCUT2D eigenvalue weighted by atomic mass is 16.7. The number of anilines is 3. The number of nitro benzene ring substituents is 1. The number of fused-ring (bicyclic) bond motifs is 1. The summed E-state index contributed by atoms with van der Waals surface area (Å²) >= 11 is 0. The maximum Gasteiger partial charge on any atom is 0.315 e. The molecule has 1 N–H and O–H groups in total. The molecule has 2 fully saturated rings. The molecule has 0 saturated carbocycles. The Hall–Kier alpha value is -3.71. The van der Waals surface area contributed by atoms with E-state index in [1.807, 2.05) is 6.07 Å². The van der Waals surface area contributed by atoms with Gasteiger partial charge < -0.3 is 28.7 Å². The predicted octanol–water partition coefficient (Wildman–Crippen LogP) is 1.23. The lowest BCUT2D eigenvalue weighted by Crippen LogP contribution is -2.39. The second-order valence-electron chi connectivity index (χ2n) is 7.51. The summed E-state index contributed by atoms with van der Waals surface area (Å²) in [5.41, 5.74) is 3.26. The van der Waals surface area contributed by atoms with Gasteiger partial charge in [0.15, 0.2) is 11.6 Å². The van der Waals surface area contributed by atoms with E-state index in [2.05, 4.69) is 25.3 Å². The van der Waals surface area contributed by atoms with Crippen LogP contribution in [0.4, 0.5) is 23.3 Å². The Morgan fingerprint density at radius 3 is 2.45 bits per heavy atom. The number of aromatic nitrogens is 2. The quantitative estimate of drug-likeness (QED) is 0.381.